The molecule has 0 aliphatic carbocycles. The van der Waals surface area contributed by atoms with Crippen LogP contribution in [-0.2, 0) is 4.79 Å². The predicted molar refractivity (Wildman–Crippen MR) is 67.3 cm³/mol. The van der Waals surface area contributed by atoms with Gasteiger partial charge in [0.2, 0.25) is 0 Å². The lowest BCUT2D eigenvalue weighted by Gasteiger charge is -2.15. The lowest BCUT2D eigenvalue weighted by atomic mass is 10.1. The van der Waals surface area contributed by atoms with E-state index in [9.17, 15) is 26.7 Å². The van der Waals surface area contributed by atoms with Gasteiger partial charge in [-0.15, -0.1) is 0 Å². The molecule has 0 amide bonds. The molecule has 0 heterocycles. The number of carbonyl (C=O) groups excluding carboxylic acids is 1. The third kappa shape index (κ3) is 5.28. The summed E-state index contributed by atoms with van der Waals surface area (Å²) < 4.78 is 65.4. The van der Waals surface area contributed by atoms with E-state index in [0.717, 1.165) is 18.2 Å². The number of hydrogen-bond donors (Lipinski definition) is 0. The van der Waals surface area contributed by atoms with E-state index in [4.69, 9.17) is 0 Å². The number of ketones is 1. The van der Waals surface area contributed by atoms with Crippen LogP contribution in [-0.4, -0.2) is 17.9 Å². The Morgan fingerprint density at radius 2 is 1.95 bits per heavy atom. The molecular formula is C11H8BrF5O2S. The van der Waals surface area contributed by atoms with Crippen molar-refractivity contribution in [3.63, 3.8) is 0 Å². The Bertz CT molecular complexity index is 492. The van der Waals surface area contributed by atoms with Gasteiger partial charge in [0.1, 0.15) is 16.4 Å². The van der Waals surface area contributed by atoms with E-state index >= 15 is 0 Å². The normalized spacial score (nSPS) is 13.4. The van der Waals surface area contributed by atoms with Crippen molar-refractivity contribution in [2.45, 2.75) is 28.8 Å². The number of benzene rings is 1. The first-order valence-corrected chi connectivity index (χ1v) is 6.82. The van der Waals surface area contributed by atoms with Crippen LogP contribution in [0.5, 0.6) is 5.75 Å². The second kappa shape index (κ2) is 6.75. The van der Waals surface area contributed by atoms with Gasteiger partial charge in [0.05, 0.1) is 0 Å². The highest BCUT2D eigenvalue weighted by Crippen LogP contribution is 2.41. The second-order valence-corrected chi connectivity index (χ2v) is 5.65. The van der Waals surface area contributed by atoms with E-state index < -0.39 is 34.5 Å². The van der Waals surface area contributed by atoms with E-state index in [2.05, 4.69) is 20.7 Å². The van der Waals surface area contributed by atoms with Crippen molar-refractivity contribution in [2.24, 2.45) is 0 Å². The van der Waals surface area contributed by atoms with E-state index in [0.29, 0.717) is 0 Å². The van der Waals surface area contributed by atoms with Crippen molar-refractivity contribution in [1.82, 2.24) is 0 Å². The maximum Gasteiger partial charge on any atom is 0.446 e. The molecule has 1 atom stereocenters. The number of halogens is 6. The maximum absolute atomic E-state index is 12.3. The number of hydrogen-bond acceptors (Lipinski definition) is 3. The molecule has 0 radical (unpaired) electrons. The van der Waals surface area contributed by atoms with Crippen LogP contribution in [0.25, 0.3) is 0 Å². The third-order valence-corrected chi connectivity index (χ3v) is 3.92. The molecule has 0 aliphatic rings. The van der Waals surface area contributed by atoms with Crippen molar-refractivity contribution in [3.05, 3.63) is 23.8 Å². The van der Waals surface area contributed by atoms with Crippen LogP contribution in [0.1, 0.15) is 17.3 Å². The highest BCUT2D eigenvalue weighted by atomic mass is 79.9. The molecule has 0 aliphatic heterocycles. The van der Waals surface area contributed by atoms with Crippen LogP contribution >= 0.6 is 27.7 Å². The highest BCUT2D eigenvalue weighted by Gasteiger charge is 2.30. The Morgan fingerprint density at radius 3 is 2.40 bits per heavy atom. The minimum atomic E-state index is -4.54. The van der Waals surface area contributed by atoms with Gasteiger partial charge in [0.15, 0.2) is 0 Å². The Hall–Kier alpha value is -0.830. The monoisotopic (exact) mass is 378 g/mol. The van der Waals surface area contributed by atoms with E-state index in [1.807, 2.05) is 0 Å². The summed E-state index contributed by atoms with van der Waals surface area (Å²) in [5.74, 6) is -0.855. The van der Waals surface area contributed by atoms with Gasteiger partial charge >= 0.3 is 12.1 Å². The smallest absolute Gasteiger partial charge is 0.434 e. The lowest BCUT2D eigenvalue weighted by Crippen LogP contribution is -2.09. The third-order valence-electron chi connectivity index (χ3n) is 2.06. The maximum atomic E-state index is 12.3. The minimum absolute atomic E-state index is 0.0457. The van der Waals surface area contributed by atoms with Crippen molar-refractivity contribution in [2.75, 3.05) is 0 Å². The summed E-state index contributed by atoms with van der Waals surface area (Å²) in [5, 5.41) is 0. The number of carbonyl (C=O) groups is 1. The zero-order chi connectivity index (χ0) is 15.5. The Morgan fingerprint density at radius 1 is 1.35 bits per heavy atom. The fourth-order valence-electron chi connectivity index (χ4n) is 1.34. The van der Waals surface area contributed by atoms with Crippen LogP contribution in [0.2, 0.25) is 0 Å². The molecule has 1 unspecified atom stereocenters. The molecule has 9 heteroatoms. The zero-order valence-electron chi connectivity index (χ0n) is 9.88. The average molecular weight is 379 g/mol. The summed E-state index contributed by atoms with van der Waals surface area (Å²) in [6.45, 7) is -1.99. The molecule has 112 valence electrons. The molecule has 1 aromatic carbocycles. The van der Waals surface area contributed by atoms with Crippen LogP contribution < -0.4 is 4.74 Å². The molecule has 0 bridgehead atoms. The number of alkyl halides is 6. The van der Waals surface area contributed by atoms with Crippen molar-refractivity contribution in [1.29, 1.82) is 0 Å². The SMILES string of the molecule is CC(=O)C(Br)c1ccc(SC(F)(F)F)cc1OC(F)F. The van der Waals surface area contributed by atoms with E-state index in [-0.39, 0.29) is 16.2 Å². The van der Waals surface area contributed by atoms with Crippen LogP contribution in [0, 0.1) is 0 Å². The van der Waals surface area contributed by atoms with Crippen molar-refractivity contribution in [3.8, 4) is 5.75 Å². The van der Waals surface area contributed by atoms with Gasteiger partial charge in [-0.3, -0.25) is 4.79 Å². The van der Waals surface area contributed by atoms with Crippen molar-refractivity contribution >= 4 is 33.5 Å². The Balaban J connectivity index is 3.16. The molecule has 0 N–H and O–H groups in total. The first-order valence-electron chi connectivity index (χ1n) is 5.09. The fraction of sp³-hybridized carbons (Fsp3) is 0.364. The molecule has 0 saturated heterocycles. The molecule has 1 aromatic rings. The zero-order valence-corrected chi connectivity index (χ0v) is 12.3. The van der Waals surface area contributed by atoms with Crippen LogP contribution in [0.15, 0.2) is 23.1 Å². The topological polar surface area (TPSA) is 26.3 Å². The number of Topliss-reactive ketones (excluding diaryl/α,β-unsaturated/α-hetero) is 1. The molecule has 1 rings (SSSR count). The number of thioether (sulfide) groups is 1. The molecular weight excluding hydrogens is 371 g/mol. The van der Waals surface area contributed by atoms with Gasteiger partial charge < -0.3 is 4.74 Å². The molecule has 0 saturated carbocycles. The highest BCUT2D eigenvalue weighted by molar-refractivity contribution is 9.09. The number of rotatable bonds is 5. The molecule has 0 aromatic heterocycles. The molecule has 2 nitrogen and oxygen atoms in total. The Labute approximate surface area is 123 Å². The van der Waals surface area contributed by atoms with Gasteiger partial charge in [0.25, 0.3) is 0 Å². The van der Waals surface area contributed by atoms with Crippen LogP contribution in [0.3, 0.4) is 0 Å². The quantitative estimate of drug-likeness (QED) is 0.413. The summed E-state index contributed by atoms with van der Waals surface area (Å²) in [6.07, 6.45) is 0. The van der Waals surface area contributed by atoms with Crippen molar-refractivity contribution < 1.29 is 31.5 Å². The summed E-state index contributed by atoms with van der Waals surface area (Å²) in [7, 11) is 0. The fourth-order valence-corrected chi connectivity index (χ4v) is 2.29. The summed E-state index contributed by atoms with van der Waals surface area (Å²) in [5.41, 5.74) is -4.50. The molecule has 0 fully saturated rings. The standard InChI is InChI=1S/C11H8BrF5O2S/c1-5(18)9(12)7-3-2-6(20-11(15,16)17)4-8(7)19-10(13)14/h2-4,9-10H,1H3. The van der Waals surface area contributed by atoms with Gasteiger partial charge in [-0.2, -0.15) is 22.0 Å². The van der Waals surface area contributed by atoms with Gasteiger partial charge in [-0.1, -0.05) is 22.0 Å². The number of ether oxygens (including phenoxy) is 1. The summed E-state index contributed by atoms with van der Waals surface area (Å²) in [6, 6.07) is 3.06. The Kier molecular flexibility index (Phi) is 5.81. The van der Waals surface area contributed by atoms with Gasteiger partial charge in [-0.05, 0) is 30.8 Å². The summed E-state index contributed by atoms with van der Waals surface area (Å²) >= 11 is 2.52. The minimum Gasteiger partial charge on any atom is -0.434 e. The average Bonchev–Trinajstić information content (AvgIpc) is 2.25. The second-order valence-electron chi connectivity index (χ2n) is 3.60. The van der Waals surface area contributed by atoms with E-state index in [1.165, 1.54) is 6.92 Å². The summed E-state index contributed by atoms with van der Waals surface area (Å²) in [4.78, 5) is 9.99. The lowest BCUT2D eigenvalue weighted by molar-refractivity contribution is -0.116. The van der Waals surface area contributed by atoms with Gasteiger partial charge in [-0.25, -0.2) is 0 Å². The molecule has 20 heavy (non-hydrogen) atoms. The molecule has 0 spiro atoms. The van der Waals surface area contributed by atoms with E-state index in [1.54, 1.807) is 0 Å². The van der Waals surface area contributed by atoms with Gasteiger partial charge in [0, 0.05) is 10.5 Å². The predicted octanol–water partition coefficient (Wildman–Crippen LogP) is 4.92. The first kappa shape index (κ1) is 17.2. The van der Waals surface area contributed by atoms with Crippen LogP contribution in [0.4, 0.5) is 22.0 Å². The first-order chi connectivity index (χ1) is 9.10. The largest absolute Gasteiger partial charge is 0.446 e.